The van der Waals surface area contributed by atoms with Crippen LogP contribution in [-0.2, 0) is 4.79 Å². The van der Waals surface area contributed by atoms with E-state index in [1.54, 1.807) is 0 Å². The fraction of sp³-hybridized carbons (Fsp3) is 0.900. The molecule has 0 spiro atoms. The molecule has 0 aromatic carbocycles. The maximum atomic E-state index is 10.3. The minimum absolute atomic E-state index is 0.260. The summed E-state index contributed by atoms with van der Waals surface area (Å²) in [7, 11) is 0. The number of carbonyl (C=O) groups is 1. The molecule has 2 nitrogen and oxygen atoms in total. The van der Waals surface area contributed by atoms with Crippen LogP contribution in [-0.4, -0.2) is 12.5 Å². The van der Waals surface area contributed by atoms with Crippen molar-refractivity contribution >= 4 is 6.41 Å². The van der Waals surface area contributed by atoms with Crippen LogP contribution in [0.5, 0.6) is 0 Å². The monoisotopic (exact) mass is 171 g/mol. The summed E-state index contributed by atoms with van der Waals surface area (Å²) in [5.41, 5.74) is 0.260. The van der Waals surface area contributed by atoms with Gasteiger partial charge in [-0.2, -0.15) is 0 Å². The van der Waals surface area contributed by atoms with Gasteiger partial charge in [-0.1, -0.05) is 27.2 Å². The third-order valence-electron chi connectivity index (χ3n) is 2.99. The molecule has 0 aromatic heterocycles. The molecule has 0 saturated carbocycles. The van der Waals surface area contributed by atoms with Gasteiger partial charge in [0.05, 0.1) is 0 Å². The molecule has 0 bridgehead atoms. The van der Waals surface area contributed by atoms with Gasteiger partial charge in [-0.25, -0.2) is 0 Å². The Hall–Kier alpha value is -0.530. The first-order valence-corrected chi connectivity index (χ1v) is 4.80. The van der Waals surface area contributed by atoms with Crippen LogP contribution < -0.4 is 5.32 Å². The summed E-state index contributed by atoms with van der Waals surface area (Å²) in [6, 6.07) is 0.278. The molecule has 1 unspecified atom stereocenters. The zero-order chi connectivity index (χ0) is 9.61. The Morgan fingerprint density at radius 2 is 2.08 bits per heavy atom. The molecule has 0 aliphatic rings. The van der Waals surface area contributed by atoms with Crippen LogP contribution in [0.4, 0.5) is 0 Å². The fourth-order valence-corrected chi connectivity index (χ4v) is 1.57. The van der Waals surface area contributed by atoms with E-state index in [1.807, 2.05) is 0 Å². The van der Waals surface area contributed by atoms with E-state index in [0.717, 1.165) is 12.8 Å². The average molecular weight is 171 g/mol. The zero-order valence-corrected chi connectivity index (χ0v) is 8.68. The lowest BCUT2D eigenvalue weighted by atomic mass is 9.77. The van der Waals surface area contributed by atoms with Crippen molar-refractivity contribution in [3.8, 4) is 0 Å². The van der Waals surface area contributed by atoms with Crippen molar-refractivity contribution in [3.05, 3.63) is 0 Å². The molecule has 1 N–H and O–H groups in total. The van der Waals surface area contributed by atoms with Gasteiger partial charge in [0, 0.05) is 6.04 Å². The van der Waals surface area contributed by atoms with Crippen molar-refractivity contribution in [1.29, 1.82) is 0 Å². The number of nitrogens with one attached hydrogen (secondary N) is 1. The number of hydrogen-bond acceptors (Lipinski definition) is 1. The van der Waals surface area contributed by atoms with Crippen molar-refractivity contribution in [1.82, 2.24) is 5.32 Å². The van der Waals surface area contributed by atoms with Gasteiger partial charge in [0.1, 0.15) is 0 Å². The first-order valence-electron chi connectivity index (χ1n) is 4.80. The normalized spacial score (nSPS) is 18.0. The lowest BCUT2D eigenvalue weighted by Crippen LogP contribution is -2.40. The molecule has 0 fully saturated rings. The molecule has 0 saturated heterocycles. The summed E-state index contributed by atoms with van der Waals surface area (Å²) >= 11 is 0. The van der Waals surface area contributed by atoms with Crippen LogP contribution in [0.25, 0.3) is 0 Å². The molecule has 0 aromatic rings. The highest BCUT2D eigenvalue weighted by Crippen LogP contribution is 2.30. The number of carbonyl (C=O) groups excluding carboxylic acids is 1. The van der Waals surface area contributed by atoms with Gasteiger partial charge in [-0.15, -0.1) is 0 Å². The third-order valence-corrected chi connectivity index (χ3v) is 2.99. The van der Waals surface area contributed by atoms with Gasteiger partial charge in [-0.3, -0.25) is 4.79 Å². The smallest absolute Gasteiger partial charge is 0.207 e. The van der Waals surface area contributed by atoms with Crippen LogP contribution >= 0.6 is 0 Å². The van der Waals surface area contributed by atoms with Gasteiger partial charge in [0.2, 0.25) is 6.41 Å². The summed E-state index contributed by atoms with van der Waals surface area (Å²) < 4.78 is 0. The van der Waals surface area contributed by atoms with Gasteiger partial charge in [0.15, 0.2) is 0 Å². The Balaban J connectivity index is 4.17. The van der Waals surface area contributed by atoms with E-state index in [0.29, 0.717) is 0 Å². The van der Waals surface area contributed by atoms with Crippen LogP contribution in [0.2, 0.25) is 0 Å². The molecule has 0 aliphatic carbocycles. The second-order valence-electron chi connectivity index (χ2n) is 3.76. The molecular weight excluding hydrogens is 150 g/mol. The Labute approximate surface area is 75.7 Å². The third kappa shape index (κ3) is 2.84. The first kappa shape index (κ1) is 11.5. The summed E-state index contributed by atoms with van der Waals surface area (Å²) in [4.78, 5) is 10.3. The van der Waals surface area contributed by atoms with E-state index >= 15 is 0 Å². The minimum atomic E-state index is 0.260. The lowest BCUT2D eigenvalue weighted by Gasteiger charge is -2.34. The fourth-order valence-electron chi connectivity index (χ4n) is 1.57. The molecule has 0 rings (SSSR count). The Bertz CT molecular complexity index is 136. The van der Waals surface area contributed by atoms with Crippen molar-refractivity contribution in [2.75, 3.05) is 0 Å². The van der Waals surface area contributed by atoms with E-state index in [1.165, 1.54) is 12.8 Å². The topological polar surface area (TPSA) is 29.1 Å². The lowest BCUT2D eigenvalue weighted by molar-refractivity contribution is -0.110. The quantitative estimate of drug-likeness (QED) is 0.611. The molecule has 72 valence electrons. The molecular formula is C10H21NO. The standard InChI is InChI=1S/C10H21NO/c1-5-7-10(4,6-2)9(3)11-8-12/h8-9H,5-7H2,1-4H3,(H,11,12)/t9?,10-/m1/s1. The highest BCUT2D eigenvalue weighted by atomic mass is 16.1. The van der Waals surface area contributed by atoms with Gasteiger partial charge >= 0.3 is 0 Å². The van der Waals surface area contributed by atoms with Crippen molar-refractivity contribution in [3.63, 3.8) is 0 Å². The predicted molar refractivity (Wildman–Crippen MR) is 52.0 cm³/mol. The van der Waals surface area contributed by atoms with Crippen LogP contribution in [0.1, 0.15) is 47.0 Å². The summed E-state index contributed by atoms with van der Waals surface area (Å²) in [5.74, 6) is 0. The van der Waals surface area contributed by atoms with E-state index in [9.17, 15) is 4.79 Å². The van der Waals surface area contributed by atoms with E-state index < -0.39 is 0 Å². The molecule has 0 aliphatic heterocycles. The summed E-state index contributed by atoms with van der Waals surface area (Å²) in [5, 5.41) is 2.84. The maximum Gasteiger partial charge on any atom is 0.207 e. The van der Waals surface area contributed by atoms with Crippen molar-refractivity contribution < 1.29 is 4.79 Å². The van der Waals surface area contributed by atoms with Crippen molar-refractivity contribution in [2.24, 2.45) is 5.41 Å². The zero-order valence-electron chi connectivity index (χ0n) is 8.68. The number of hydrogen-bond donors (Lipinski definition) is 1. The second kappa shape index (κ2) is 5.18. The maximum absolute atomic E-state index is 10.3. The van der Waals surface area contributed by atoms with E-state index in [-0.39, 0.29) is 11.5 Å². The van der Waals surface area contributed by atoms with Gasteiger partial charge in [-0.05, 0) is 25.2 Å². The Kier molecular flexibility index (Phi) is 4.95. The van der Waals surface area contributed by atoms with Gasteiger partial charge in [0.25, 0.3) is 0 Å². The molecule has 12 heavy (non-hydrogen) atoms. The SMILES string of the molecule is CCC[C@@](C)(CC)C(C)NC=O. The highest BCUT2D eigenvalue weighted by molar-refractivity contribution is 5.46. The van der Waals surface area contributed by atoms with E-state index in [2.05, 4.69) is 33.0 Å². The predicted octanol–water partition coefficient (Wildman–Crippen LogP) is 2.34. The van der Waals surface area contributed by atoms with Crippen LogP contribution in [0.15, 0.2) is 0 Å². The number of rotatable bonds is 6. The van der Waals surface area contributed by atoms with Crippen LogP contribution in [0.3, 0.4) is 0 Å². The number of amides is 1. The minimum Gasteiger partial charge on any atom is -0.356 e. The molecule has 0 radical (unpaired) electrons. The molecule has 0 heterocycles. The Morgan fingerprint density at radius 1 is 1.50 bits per heavy atom. The highest BCUT2D eigenvalue weighted by Gasteiger charge is 2.27. The average Bonchev–Trinajstić information content (AvgIpc) is 2.05. The molecule has 2 heteroatoms. The molecule has 2 atom stereocenters. The van der Waals surface area contributed by atoms with Crippen molar-refractivity contribution in [2.45, 2.75) is 53.0 Å². The summed E-state index contributed by atoms with van der Waals surface area (Å²) in [6.45, 7) is 8.67. The second-order valence-corrected chi connectivity index (χ2v) is 3.76. The van der Waals surface area contributed by atoms with Gasteiger partial charge < -0.3 is 5.32 Å². The van der Waals surface area contributed by atoms with E-state index in [4.69, 9.17) is 0 Å². The van der Waals surface area contributed by atoms with Crippen LogP contribution in [0, 0.1) is 5.41 Å². The largest absolute Gasteiger partial charge is 0.356 e. The Morgan fingerprint density at radius 3 is 2.42 bits per heavy atom. The molecule has 1 amide bonds. The first-order chi connectivity index (χ1) is 5.60. The summed E-state index contributed by atoms with van der Waals surface area (Å²) in [6.07, 6.45) is 4.26.